The molecule has 0 spiro atoms. The van der Waals surface area contributed by atoms with Gasteiger partial charge in [-0.05, 0) is 36.5 Å². The topological polar surface area (TPSA) is 12.0 Å². The average molecular weight is 295 g/mol. The molecule has 21 heavy (non-hydrogen) atoms. The van der Waals surface area contributed by atoms with E-state index < -0.39 is 17.5 Å². The van der Waals surface area contributed by atoms with Crippen LogP contribution in [0.2, 0.25) is 0 Å². The van der Waals surface area contributed by atoms with Gasteiger partial charge in [-0.1, -0.05) is 12.1 Å². The monoisotopic (exact) mass is 295 g/mol. The Labute approximate surface area is 119 Å². The second-order valence-corrected chi connectivity index (χ2v) is 5.26. The summed E-state index contributed by atoms with van der Waals surface area (Å²) in [5, 5.41) is 2.91. The zero-order chi connectivity index (χ0) is 15.0. The van der Waals surface area contributed by atoms with Gasteiger partial charge in [0.2, 0.25) is 0 Å². The van der Waals surface area contributed by atoms with E-state index in [9.17, 15) is 17.6 Å². The van der Waals surface area contributed by atoms with Gasteiger partial charge in [-0.25, -0.2) is 17.6 Å². The predicted octanol–water partition coefficient (Wildman–Crippen LogP) is 4.81. The fraction of sp³-hybridized carbons (Fsp3) is 0.250. The van der Waals surface area contributed by atoms with Crippen LogP contribution in [-0.2, 0) is 0 Å². The summed E-state index contributed by atoms with van der Waals surface area (Å²) in [4.78, 5) is 0. The van der Waals surface area contributed by atoms with E-state index in [2.05, 4.69) is 5.32 Å². The minimum atomic E-state index is -1.22. The second-order valence-electron chi connectivity index (χ2n) is 5.26. The Morgan fingerprint density at radius 1 is 0.857 bits per heavy atom. The van der Waals surface area contributed by atoms with Crippen LogP contribution < -0.4 is 5.32 Å². The third-order valence-electron chi connectivity index (χ3n) is 3.64. The molecular weight excluding hydrogens is 282 g/mol. The molecule has 2 aromatic rings. The Kier molecular flexibility index (Phi) is 3.57. The van der Waals surface area contributed by atoms with Gasteiger partial charge in [0, 0.05) is 12.1 Å². The van der Waals surface area contributed by atoms with Crippen molar-refractivity contribution in [3.8, 4) is 0 Å². The molecule has 0 bridgehead atoms. The van der Waals surface area contributed by atoms with Crippen molar-refractivity contribution in [3.63, 3.8) is 0 Å². The molecule has 1 nitrogen and oxygen atoms in total. The molecule has 1 aliphatic rings. The van der Waals surface area contributed by atoms with E-state index in [0.29, 0.717) is 6.07 Å². The maximum absolute atomic E-state index is 13.7. The molecule has 0 saturated heterocycles. The summed E-state index contributed by atoms with van der Waals surface area (Å²) < 4.78 is 52.9. The minimum Gasteiger partial charge on any atom is -0.376 e. The number of hydrogen-bond donors (Lipinski definition) is 1. The predicted molar refractivity (Wildman–Crippen MR) is 71.8 cm³/mol. The Bertz CT molecular complexity index is 650. The Morgan fingerprint density at radius 2 is 1.48 bits per heavy atom. The summed E-state index contributed by atoms with van der Waals surface area (Å²) >= 11 is 0. The molecule has 1 unspecified atom stereocenters. The molecule has 1 aliphatic carbocycles. The van der Waals surface area contributed by atoms with Crippen molar-refractivity contribution in [1.82, 2.24) is 0 Å². The van der Waals surface area contributed by atoms with Crippen molar-refractivity contribution < 1.29 is 17.6 Å². The number of rotatable bonds is 4. The molecule has 0 aromatic heterocycles. The van der Waals surface area contributed by atoms with E-state index in [1.807, 2.05) is 0 Å². The molecular formula is C16H13F4N. The quantitative estimate of drug-likeness (QED) is 0.630. The summed E-state index contributed by atoms with van der Waals surface area (Å²) in [6, 6.07) is 6.97. The van der Waals surface area contributed by atoms with Gasteiger partial charge >= 0.3 is 0 Å². The van der Waals surface area contributed by atoms with Gasteiger partial charge in [0.15, 0.2) is 11.6 Å². The van der Waals surface area contributed by atoms with E-state index in [0.717, 1.165) is 24.5 Å². The molecule has 1 fully saturated rings. The fourth-order valence-electron chi connectivity index (χ4n) is 2.37. The van der Waals surface area contributed by atoms with E-state index >= 15 is 0 Å². The Hall–Kier alpha value is -2.04. The van der Waals surface area contributed by atoms with Gasteiger partial charge in [-0.2, -0.15) is 0 Å². The Morgan fingerprint density at radius 3 is 2.10 bits per heavy atom. The number of nitrogens with one attached hydrogen (secondary N) is 1. The van der Waals surface area contributed by atoms with Gasteiger partial charge in [0.25, 0.3) is 0 Å². The smallest absolute Gasteiger partial charge is 0.161 e. The summed E-state index contributed by atoms with van der Waals surface area (Å²) in [6.07, 6.45) is 1.92. The molecule has 110 valence electrons. The third-order valence-corrected chi connectivity index (χ3v) is 3.64. The van der Waals surface area contributed by atoms with Crippen LogP contribution in [0.3, 0.4) is 0 Å². The maximum atomic E-state index is 13.7. The summed E-state index contributed by atoms with van der Waals surface area (Å²) in [5.41, 5.74) is 0.707. The highest BCUT2D eigenvalue weighted by molar-refractivity contribution is 5.48. The first kappa shape index (κ1) is 13.9. The molecule has 2 aromatic carbocycles. The lowest BCUT2D eigenvalue weighted by atomic mass is 10.0. The molecule has 0 heterocycles. The highest BCUT2D eigenvalue weighted by Crippen LogP contribution is 2.43. The maximum Gasteiger partial charge on any atom is 0.161 e. The molecule has 0 amide bonds. The first-order valence-electron chi connectivity index (χ1n) is 6.71. The highest BCUT2D eigenvalue weighted by atomic mass is 19.2. The summed E-state index contributed by atoms with van der Waals surface area (Å²) in [6.45, 7) is 0. The first-order valence-corrected chi connectivity index (χ1v) is 6.71. The highest BCUT2D eigenvalue weighted by Gasteiger charge is 2.33. The van der Waals surface area contributed by atoms with Crippen molar-refractivity contribution in [1.29, 1.82) is 0 Å². The van der Waals surface area contributed by atoms with Crippen LogP contribution in [0.4, 0.5) is 23.2 Å². The second kappa shape index (κ2) is 5.39. The number of anilines is 1. The summed E-state index contributed by atoms with van der Waals surface area (Å²) in [5.74, 6) is -3.24. The molecule has 1 N–H and O–H groups in total. The lowest BCUT2D eigenvalue weighted by Gasteiger charge is -2.20. The third kappa shape index (κ3) is 3.01. The average Bonchev–Trinajstić information content (AvgIpc) is 3.27. The van der Waals surface area contributed by atoms with Crippen molar-refractivity contribution in [3.05, 3.63) is 65.2 Å². The van der Waals surface area contributed by atoms with Crippen LogP contribution in [0.15, 0.2) is 36.4 Å². The van der Waals surface area contributed by atoms with Crippen LogP contribution >= 0.6 is 0 Å². The van der Waals surface area contributed by atoms with Crippen molar-refractivity contribution in [2.24, 2.45) is 5.92 Å². The lowest BCUT2D eigenvalue weighted by Crippen LogP contribution is -2.14. The van der Waals surface area contributed by atoms with E-state index in [4.69, 9.17) is 0 Å². The zero-order valence-corrected chi connectivity index (χ0v) is 11.0. The number of benzene rings is 2. The van der Waals surface area contributed by atoms with Gasteiger partial charge in [0.1, 0.15) is 11.6 Å². The lowest BCUT2D eigenvalue weighted by molar-refractivity contribution is 0.495. The largest absolute Gasteiger partial charge is 0.376 e. The molecule has 5 heteroatoms. The minimum absolute atomic E-state index is 0.0878. The van der Waals surface area contributed by atoms with Gasteiger partial charge in [0.05, 0.1) is 11.7 Å². The standard InChI is InChI=1S/C16H13F4N/c17-11-5-3-10(4-6-11)16(9-1-2-9)21-15-8-13(19)12(18)7-14(15)20/h3-9,16,21H,1-2H2. The molecule has 0 aliphatic heterocycles. The van der Waals surface area contributed by atoms with Gasteiger partial charge in [-0.3, -0.25) is 0 Å². The van der Waals surface area contributed by atoms with E-state index in [1.54, 1.807) is 12.1 Å². The van der Waals surface area contributed by atoms with Crippen molar-refractivity contribution >= 4 is 5.69 Å². The number of hydrogen-bond acceptors (Lipinski definition) is 1. The molecule has 1 atom stereocenters. The van der Waals surface area contributed by atoms with Crippen LogP contribution in [-0.4, -0.2) is 0 Å². The zero-order valence-electron chi connectivity index (χ0n) is 11.0. The van der Waals surface area contributed by atoms with Crippen LogP contribution in [0.1, 0.15) is 24.4 Å². The van der Waals surface area contributed by atoms with Crippen LogP contribution in [0.5, 0.6) is 0 Å². The van der Waals surface area contributed by atoms with E-state index in [1.165, 1.54) is 12.1 Å². The van der Waals surface area contributed by atoms with Crippen molar-refractivity contribution in [2.45, 2.75) is 18.9 Å². The molecule has 3 rings (SSSR count). The first-order chi connectivity index (χ1) is 10.0. The van der Waals surface area contributed by atoms with Crippen LogP contribution in [0.25, 0.3) is 0 Å². The van der Waals surface area contributed by atoms with Crippen molar-refractivity contribution in [2.75, 3.05) is 5.32 Å². The van der Waals surface area contributed by atoms with E-state index in [-0.39, 0.29) is 23.5 Å². The normalized spacial score (nSPS) is 15.8. The summed E-state index contributed by atoms with van der Waals surface area (Å²) in [7, 11) is 0. The molecule has 0 radical (unpaired) electrons. The SMILES string of the molecule is Fc1ccc(C(Nc2cc(F)c(F)cc2F)C2CC2)cc1. The van der Waals surface area contributed by atoms with Gasteiger partial charge in [-0.15, -0.1) is 0 Å². The number of halogens is 4. The van der Waals surface area contributed by atoms with Crippen LogP contribution in [0, 0.1) is 29.2 Å². The molecule has 1 saturated carbocycles. The van der Waals surface area contributed by atoms with Gasteiger partial charge < -0.3 is 5.32 Å². The fourth-order valence-corrected chi connectivity index (χ4v) is 2.37. The Balaban J connectivity index is 1.89.